The Morgan fingerprint density at radius 2 is 1.94 bits per heavy atom. The Bertz CT molecular complexity index is 405. The number of benzene rings is 1. The van der Waals surface area contributed by atoms with Crippen molar-refractivity contribution in [2.75, 3.05) is 26.3 Å². The molecule has 0 saturated carbocycles. The minimum Gasteiger partial charge on any atom is -0.379 e. The Kier molecular flexibility index (Phi) is 4.67. The van der Waals surface area contributed by atoms with Gasteiger partial charge in [0.15, 0.2) is 9.99 Å². The van der Waals surface area contributed by atoms with E-state index in [4.69, 9.17) is 16.3 Å². The first-order valence-electron chi connectivity index (χ1n) is 5.90. The predicted molar refractivity (Wildman–Crippen MR) is 75.0 cm³/mol. The lowest BCUT2D eigenvalue weighted by Gasteiger charge is -2.31. The van der Waals surface area contributed by atoms with Crippen LogP contribution in [0.2, 0.25) is 0 Å². The van der Waals surface area contributed by atoms with Gasteiger partial charge < -0.3 is 4.74 Å². The Labute approximate surface area is 117 Å². The lowest BCUT2D eigenvalue weighted by molar-refractivity contribution is 0.0765. The van der Waals surface area contributed by atoms with Crippen LogP contribution < -0.4 is 0 Å². The first kappa shape index (κ1) is 13.9. The van der Waals surface area contributed by atoms with Crippen LogP contribution in [0.5, 0.6) is 0 Å². The molecule has 1 aromatic carbocycles. The number of carbonyl (C=O) groups excluding carboxylic acids is 1. The summed E-state index contributed by atoms with van der Waals surface area (Å²) in [7, 11) is 0. The number of ketones is 1. The maximum atomic E-state index is 12.3. The third-order valence-corrected chi connectivity index (χ3v) is 4.24. The molecule has 1 saturated heterocycles. The van der Waals surface area contributed by atoms with E-state index < -0.39 is 4.21 Å². The highest BCUT2D eigenvalue weighted by atomic mass is 35.5. The van der Waals surface area contributed by atoms with Crippen LogP contribution in [0, 0.1) is 0 Å². The molecule has 0 amide bonds. The van der Waals surface area contributed by atoms with E-state index >= 15 is 0 Å². The fourth-order valence-corrected chi connectivity index (χ4v) is 3.19. The summed E-state index contributed by atoms with van der Waals surface area (Å²) in [6.45, 7) is 4.74. The molecule has 18 heavy (non-hydrogen) atoms. The number of halogens is 1. The van der Waals surface area contributed by atoms with E-state index in [0.717, 1.165) is 13.1 Å². The molecule has 98 valence electrons. The monoisotopic (exact) mass is 285 g/mol. The normalized spacial score (nSPS) is 20.3. The Balaban J connectivity index is 2.03. The van der Waals surface area contributed by atoms with Crippen LogP contribution in [0.3, 0.4) is 0 Å². The van der Waals surface area contributed by atoms with Crippen LogP contribution in [0.1, 0.15) is 17.3 Å². The second-order valence-corrected chi connectivity index (χ2v) is 6.74. The molecule has 0 radical (unpaired) electrons. The summed E-state index contributed by atoms with van der Waals surface area (Å²) >= 11 is 7.78. The summed E-state index contributed by atoms with van der Waals surface area (Å²) in [5.41, 5.74) is 0.649. The van der Waals surface area contributed by atoms with E-state index in [9.17, 15) is 4.79 Å². The summed E-state index contributed by atoms with van der Waals surface area (Å²) in [4.78, 5) is 12.3. The zero-order valence-electron chi connectivity index (χ0n) is 10.3. The van der Waals surface area contributed by atoms with Gasteiger partial charge in [0.2, 0.25) is 0 Å². The van der Waals surface area contributed by atoms with Crippen molar-refractivity contribution in [3.8, 4) is 0 Å². The number of hydrogen-bond acceptors (Lipinski definition) is 4. The third kappa shape index (κ3) is 3.48. The lowest BCUT2D eigenvalue weighted by atomic mass is 10.1. The predicted octanol–water partition coefficient (Wildman–Crippen LogP) is 2.80. The number of nitrogens with zero attached hydrogens (tertiary/aromatic N) is 1. The molecule has 0 N–H and O–H groups in total. The minimum absolute atomic E-state index is 0.0544. The molecular formula is C13H16ClNO2S. The van der Waals surface area contributed by atoms with E-state index in [-0.39, 0.29) is 5.78 Å². The number of hydrogen-bond donors (Lipinski definition) is 0. The summed E-state index contributed by atoms with van der Waals surface area (Å²) in [5, 5.41) is 0. The first-order chi connectivity index (χ1) is 8.59. The van der Waals surface area contributed by atoms with E-state index in [1.807, 2.05) is 18.2 Å². The molecular weight excluding hydrogens is 270 g/mol. The summed E-state index contributed by atoms with van der Waals surface area (Å²) in [6, 6.07) is 9.17. The molecule has 0 bridgehead atoms. The molecule has 1 aliphatic heterocycles. The molecule has 1 heterocycles. The zero-order chi connectivity index (χ0) is 13.0. The molecule has 0 aliphatic carbocycles. The smallest absolute Gasteiger partial charge is 0.194 e. The van der Waals surface area contributed by atoms with Crippen molar-refractivity contribution >= 4 is 29.3 Å². The summed E-state index contributed by atoms with van der Waals surface area (Å²) in [5.74, 6) is -0.0544. The fraction of sp³-hybridized carbons (Fsp3) is 0.462. The largest absolute Gasteiger partial charge is 0.379 e. The molecule has 5 heteroatoms. The molecule has 1 atom stereocenters. The van der Waals surface area contributed by atoms with Crippen molar-refractivity contribution < 1.29 is 9.53 Å². The quantitative estimate of drug-likeness (QED) is 0.483. The van der Waals surface area contributed by atoms with E-state index in [2.05, 4.69) is 4.31 Å². The number of alkyl halides is 1. The van der Waals surface area contributed by atoms with Gasteiger partial charge in [0.25, 0.3) is 0 Å². The van der Waals surface area contributed by atoms with Gasteiger partial charge in [-0.2, -0.15) is 0 Å². The van der Waals surface area contributed by atoms with Gasteiger partial charge in [0, 0.05) is 18.7 Å². The molecule has 3 nitrogen and oxygen atoms in total. The standard InChI is InChI=1S/C13H16ClNO2S/c1-13(14,18-15-7-9-17-10-8-15)12(16)11-5-3-2-4-6-11/h2-6H,7-10H2,1H3. The van der Waals surface area contributed by atoms with Crippen LogP contribution in [-0.4, -0.2) is 40.6 Å². The molecule has 2 rings (SSSR count). The minimum atomic E-state index is -0.960. The van der Waals surface area contributed by atoms with Crippen molar-refractivity contribution in [1.82, 2.24) is 4.31 Å². The maximum absolute atomic E-state index is 12.3. The maximum Gasteiger partial charge on any atom is 0.194 e. The number of rotatable bonds is 4. The van der Waals surface area contributed by atoms with Crippen molar-refractivity contribution in [3.63, 3.8) is 0 Å². The SMILES string of the molecule is CC(Cl)(SN1CCOCC1)C(=O)c1ccccc1. The van der Waals surface area contributed by atoms with Crippen LogP contribution in [0.25, 0.3) is 0 Å². The van der Waals surface area contributed by atoms with Gasteiger partial charge in [-0.1, -0.05) is 41.9 Å². The fourth-order valence-electron chi connectivity index (χ4n) is 1.77. The molecule has 1 aromatic rings. The number of ether oxygens (including phenoxy) is 1. The van der Waals surface area contributed by atoms with Gasteiger partial charge in [-0.25, -0.2) is 4.31 Å². The molecule has 0 spiro atoms. The van der Waals surface area contributed by atoms with Gasteiger partial charge in [-0.3, -0.25) is 4.79 Å². The van der Waals surface area contributed by atoms with Gasteiger partial charge in [0.05, 0.1) is 13.2 Å². The van der Waals surface area contributed by atoms with Crippen molar-refractivity contribution in [1.29, 1.82) is 0 Å². The summed E-state index contributed by atoms with van der Waals surface area (Å²) in [6.07, 6.45) is 0. The number of morpholine rings is 1. The second kappa shape index (κ2) is 6.06. The van der Waals surface area contributed by atoms with Crippen LogP contribution in [0.4, 0.5) is 0 Å². The average molecular weight is 286 g/mol. The Hall–Kier alpha value is -0.550. The first-order valence-corrected chi connectivity index (χ1v) is 7.05. The van der Waals surface area contributed by atoms with E-state index in [1.54, 1.807) is 19.1 Å². The molecule has 1 aliphatic rings. The Morgan fingerprint density at radius 1 is 1.33 bits per heavy atom. The van der Waals surface area contributed by atoms with Crippen molar-refractivity contribution in [2.24, 2.45) is 0 Å². The number of Topliss-reactive ketones (excluding diaryl/α,β-unsaturated/α-hetero) is 1. The highest BCUT2D eigenvalue weighted by Gasteiger charge is 2.35. The number of carbonyl (C=O) groups is 1. The topological polar surface area (TPSA) is 29.5 Å². The van der Waals surface area contributed by atoms with Gasteiger partial charge in [0.1, 0.15) is 0 Å². The highest BCUT2D eigenvalue weighted by Crippen LogP contribution is 2.36. The average Bonchev–Trinajstić information content (AvgIpc) is 2.39. The van der Waals surface area contributed by atoms with Gasteiger partial charge in [-0.15, -0.1) is 0 Å². The molecule has 1 unspecified atom stereocenters. The molecule has 0 aromatic heterocycles. The van der Waals surface area contributed by atoms with Gasteiger partial charge >= 0.3 is 0 Å². The van der Waals surface area contributed by atoms with Crippen molar-refractivity contribution in [2.45, 2.75) is 11.1 Å². The Morgan fingerprint density at radius 3 is 2.56 bits per heavy atom. The third-order valence-electron chi connectivity index (χ3n) is 2.71. The van der Waals surface area contributed by atoms with Crippen LogP contribution in [0.15, 0.2) is 30.3 Å². The molecule has 1 fully saturated rings. The highest BCUT2D eigenvalue weighted by molar-refractivity contribution is 8.00. The summed E-state index contributed by atoms with van der Waals surface area (Å²) < 4.78 is 6.41. The second-order valence-electron chi connectivity index (χ2n) is 4.24. The van der Waals surface area contributed by atoms with E-state index in [0.29, 0.717) is 18.8 Å². The van der Waals surface area contributed by atoms with Gasteiger partial charge in [-0.05, 0) is 18.9 Å². The van der Waals surface area contributed by atoms with Crippen LogP contribution >= 0.6 is 23.5 Å². The zero-order valence-corrected chi connectivity index (χ0v) is 11.8. The van der Waals surface area contributed by atoms with E-state index in [1.165, 1.54) is 11.9 Å². The lowest BCUT2D eigenvalue weighted by Crippen LogP contribution is -2.37. The van der Waals surface area contributed by atoms with Crippen molar-refractivity contribution in [3.05, 3.63) is 35.9 Å². The van der Waals surface area contributed by atoms with Crippen LogP contribution in [-0.2, 0) is 4.74 Å².